The van der Waals surface area contributed by atoms with E-state index in [1.165, 1.54) is 12.1 Å². The first-order valence-corrected chi connectivity index (χ1v) is 11.2. The van der Waals surface area contributed by atoms with Gasteiger partial charge in [-0.15, -0.1) is 0 Å². The summed E-state index contributed by atoms with van der Waals surface area (Å²) in [5.41, 5.74) is 1.71. The van der Waals surface area contributed by atoms with E-state index < -0.39 is 17.2 Å². The van der Waals surface area contributed by atoms with Crippen molar-refractivity contribution in [3.05, 3.63) is 95.6 Å². The van der Waals surface area contributed by atoms with E-state index in [0.717, 1.165) is 28.4 Å². The molecule has 0 aliphatic rings. The molecule has 1 N–H and O–H groups in total. The molecule has 4 aromatic rings. The van der Waals surface area contributed by atoms with E-state index in [-0.39, 0.29) is 12.0 Å². The lowest BCUT2D eigenvalue weighted by molar-refractivity contribution is 0.0637. The van der Waals surface area contributed by atoms with Crippen molar-refractivity contribution in [1.29, 1.82) is 0 Å². The maximum atomic E-state index is 14.2. The van der Waals surface area contributed by atoms with E-state index in [9.17, 15) is 13.9 Å². The number of aliphatic hydroxyl groups is 1. The number of aromatic nitrogens is 1. The van der Waals surface area contributed by atoms with Gasteiger partial charge in [0.05, 0.1) is 5.52 Å². The monoisotopic (exact) mass is 461 g/mol. The lowest BCUT2D eigenvalue weighted by Crippen LogP contribution is -2.32. The Morgan fingerprint density at radius 2 is 1.53 bits per heavy atom. The van der Waals surface area contributed by atoms with Crippen molar-refractivity contribution >= 4 is 16.7 Å². The Hall–Kier alpha value is -3.35. The lowest BCUT2D eigenvalue weighted by atomic mass is 9.81. The third-order valence-electron chi connectivity index (χ3n) is 6.05. The van der Waals surface area contributed by atoms with Crippen LogP contribution in [0.15, 0.2) is 72.8 Å². The van der Waals surface area contributed by atoms with Gasteiger partial charge in [-0.1, -0.05) is 42.5 Å². The van der Waals surface area contributed by atoms with Crippen molar-refractivity contribution in [2.75, 3.05) is 39.6 Å². The zero-order chi connectivity index (χ0) is 24.5. The second-order valence-corrected chi connectivity index (χ2v) is 9.06. The number of nitrogens with zero attached hydrogens (tertiary/aromatic N) is 3. The lowest BCUT2D eigenvalue weighted by Gasteiger charge is -2.32. The molecule has 0 aliphatic heterocycles. The first kappa shape index (κ1) is 23.8. The predicted octanol–water partition coefficient (Wildman–Crippen LogP) is 5.43. The smallest absolute Gasteiger partial charge is 0.136 e. The Kier molecular flexibility index (Phi) is 6.64. The number of rotatable bonds is 7. The summed E-state index contributed by atoms with van der Waals surface area (Å²) in [5, 5.41) is 12.8. The Morgan fingerprint density at radius 3 is 2.15 bits per heavy atom. The molecule has 0 radical (unpaired) electrons. The van der Waals surface area contributed by atoms with E-state index in [1.807, 2.05) is 92.6 Å². The third kappa shape index (κ3) is 4.65. The third-order valence-corrected chi connectivity index (χ3v) is 6.05. The summed E-state index contributed by atoms with van der Waals surface area (Å²) in [6.45, 7) is 0.514. The van der Waals surface area contributed by atoms with Gasteiger partial charge in [-0.05, 0) is 61.5 Å². The normalized spacial score (nSPS) is 13.3. The van der Waals surface area contributed by atoms with Gasteiger partial charge < -0.3 is 14.9 Å². The summed E-state index contributed by atoms with van der Waals surface area (Å²) in [5.74, 6) is -0.655. The Morgan fingerprint density at radius 1 is 0.853 bits per heavy atom. The van der Waals surface area contributed by atoms with Crippen LogP contribution >= 0.6 is 0 Å². The van der Waals surface area contributed by atoms with Crippen LogP contribution in [-0.2, 0) is 5.60 Å². The number of halogens is 2. The molecule has 1 atom stereocenters. The quantitative estimate of drug-likeness (QED) is 0.398. The molecule has 0 amide bonds. The highest BCUT2D eigenvalue weighted by atomic mass is 19.1. The van der Waals surface area contributed by atoms with Crippen molar-refractivity contribution in [3.8, 4) is 11.1 Å². The number of pyridine rings is 1. The molecule has 0 fully saturated rings. The molecular formula is C28H29F2N3O. The van der Waals surface area contributed by atoms with Gasteiger partial charge in [-0.3, -0.25) is 0 Å². The van der Waals surface area contributed by atoms with Crippen LogP contribution in [-0.4, -0.2) is 49.7 Å². The molecule has 3 aromatic carbocycles. The molecule has 0 aliphatic carbocycles. The predicted molar refractivity (Wildman–Crippen MR) is 134 cm³/mol. The topological polar surface area (TPSA) is 39.6 Å². The van der Waals surface area contributed by atoms with Crippen LogP contribution in [0.2, 0.25) is 0 Å². The van der Waals surface area contributed by atoms with Crippen molar-refractivity contribution in [1.82, 2.24) is 9.88 Å². The van der Waals surface area contributed by atoms with E-state index in [2.05, 4.69) is 0 Å². The molecular weight excluding hydrogens is 432 g/mol. The van der Waals surface area contributed by atoms with Gasteiger partial charge >= 0.3 is 0 Å². The summed E-state index contributed by atoms with van der Waals surface area (Å²) in [4.78, 5) is 8.79. The van der Waals surface area contributed by atoms with Crippen LogP contribution in [0.25, 0.3) is 22.0 Å². The van der Waals surface area contributed by atoms with Crippen LogP contribution < -0.4 is 4.90 Å². The van der Waals surface area contributed by atoms with Crippen molar-refractivity contribution in [3.63, 3.8) is 0 Å². The zero-order valence-electron chi connectivity index (χ0n) is 19.9. The number of fused-ring (bicyclic) bond motifs is 1. The summed E-state index contributed by atoms with van der Waals surface area (Å²) in [7, 11) is 7.67. The maximum absolute atomic E-state index is 14.2. The highest BCUT2D eigenvalue weighted by Gasteiger charge is 2.34. The summed E-state index contributed by atoms with van der Waals surface area (Å²) in [6.07, 6.45) is 0.248. The first-order valence-electron chi connectivity index (χ1n) is 11.2. The summed E-state index contributed by atoms with van der Waals surface area (Å²) >= 11 is 0. The highest BCUT2D eigenvalue weighted by molar-refractivity contribution is 5.92. The standard InChI is InChI=1S/C28H29F2N3O/c1-32(2)14-13-28(34,20-15-21(29)17-22(30)16-20)25-11-8-12-26-24(25)18-23(27(31-26)33(3)4)19-9-6-5-7-10-19/h5-12,15-18,34H,13-14H2,1-4H3. The Bertz CT molecular complexity index is 1290. The molecule has 0 spiro atoms. The average molecular weight is 462 g/mol. The minimum absolute atomic E-state index is 0.178. The van der Waals surface area contributed by atoms with Crippen molar-refractivity contribution in [2.24, 2.45) is 0 Å². The van der Waals surface area contributed by atoms with Gasteiger partial charge in [0.1, 0.15) is 23.1 Å². The average Bonchev–Trinajstić information content (AvgIpc) is 2.81. The fourth-order valence-electron chi connectivity index (χ4n) is 4.33. The second-order valence-electron chi connectivity index (χ2n) is 9.06. The van der Waals surface area contributed by atoms with Gasteiger partial charge in [-0.2, -0.15) is 0 Å². The second kappa shape index (κ2) is 9.49. The number of benzene rings is 3. The van der Waals surface area contributed by atoms with Crippen LogP contribution in [0.1, 0.15) is 17.5 Å². The maximum Gasteiger partial charge on any atom is 0.136 e. The summed E-state index contributed by atoms with van der Waals surface area (Å²) < 4.78 is 28.5. The molecule has 4 nitrogen and oxygen atoms in total. The number of hydrogen-bond donors (Lipinski definition) is 1. The van der Waals surface area contributed by atoms with Gasteiger partial charge in [-0.25, -0.2) is 13.8 Å². The van der Waals surface area contributed by atoms with Gasteiger partial charge in [0, 0.05) is 37.7 Å². The Balaban J connectivity index is 2.01. The molecule has 0 saturated heterocycles. The number of hydrogen-bond acceptors (Lipinski definition) is 4. The van der Waals surface area contributed by atoms with Crippen molar-refractivity contribution in [2.45, 2.75) is 12.0 Å². The molecule has 1 aromatic heterocycles. The number of anilines is 1. The van der Waals surface area contributed by atoms with E-state index >= 15 is 0 Å². The van der Waals surface area contributed by atoms with Crippen LogP contribution in [0.3, 0.4) is 0 Å². The molecule has 6 heteroatoms. The Labute approximate surface area is 199 Å². The SMILES string of the molecule is CN(C)CCC(O)(c1cc(F)cc(F)c1)c1cccc2nc(N(C)C)c(-c3ccccc3)cc12. The van der Waals surface area contributed by atoms with Gasteiger partial charge in [0.2, 0.25) is 0 Å². The molecule has 176 valence electrons. The van der Waals surface area contributed by atoms with E-state index in [1.54, 1.807) is 0 Å². The fourth-order valence-corrected chi connectivity index (χ4v) is 4.33. The molecule has 1 heterocycles. The highest BCUT2D eigenvalue weighted by Crippen LogP contribution is 2.40. The first-order chi connectivity index (χ1) is 16.2. The molecule has 1 unspecified atom stereocenters. The molecule has 0 saturated carbocycles. The molecule has 34 heavy (non-hydrogen) atoms. The van der Waals surface area contributed by atoms with E-state index in [0.29, 0.717) is 17.6 Å². The molecule has 0 bridgehead atoms. The van der Waals surface area contributed by atoms with Crippen molar-refractivity contribution < 1.29 is 13.9 Å². The summed E-state index contributed by atoms with van der Waals surface area (Å²) in [6, 6.07) is 20.7. The minimum Gasteiger partial charge on any atom is -0.380 e. The minimum atomic E-state index is -1.62. The van der Waals surface area contributed by atoms with Crippen LogP contribution in [0.5, 0.6) is 0 Å². The molecule has 4 rings (SSSR count). The van der Waals surface area contributed by atoms with Crippen LogP contribution in [0, 0.1) is 11.6 Å². The zero-order valence-corrected chi connectivity index (χ0v) is 19.9. The van der Waals surface area contributed by atoms with E-state index in [4.69, 9.17) is 4.98 Å². The van der Waals surface area contributed by atoms with Gasteiger partial charge in [0.15, 0.2) is 0 Å². The largest absolute Gasteiger partial charge is 0.380 e. The fraction of sp³-hybridized carbons (Fsp3) is 0.250. The van der Waals surface area contributed by atoms with Crippen LogP contribution in [0.4, 0.5) is 14.6 Å². The van der Waals surface area contributed by atoms with Gasteiger partial charge in [0.25, 0.3) is 0 Å².